The van der Waals surface area contributed by atoms with E-state index in [0.717, 1.165) is 5.56 Å². The van der Waals surface area contributed by atoms with E-state index in [-0.39, 0.29) is 16.8 Å². The van der Waals surface area contributed by atoms with Gasteiger partial charge in [0.15, 0.2) is 5.82 Å². The number of esters is 1. The van der Waals surface area contributed by atoms with Gasteiger partial charge in [0.1, 0.15) is 5.52 Å². The van der Waals surface area contributed by atoms with E-state index in [2.05, 4.69) is 15.3 Å². The topological polar surface area (TPSA) is 67.0 Å². The summed E-state index contributed by atoms with van der Waals surface area (Å²) in [5, 5.41) is 3.29. The van der Waals surface area contributed by atoms with Crippen LogP contribution in [0.4, 0.5) is 15.8 Å². The Labute approximate surface area is 136 Å². The van der Waals surface area contributed by atoms with E-state index in [0.29, 0.717) is 16.2 Å². The second kappa shape index (κ2) is 5.89. The van der Waals surface area contributed by atoms with Crippen LogP contribution < -0.4 is 5.32 Å². The van der Waals surface area contributed by atoms with Crippen LogP contribution in [-0.4, -0.2) is 23.0 Å². The molecule has 1 heterocycles. The summed E-state index contributed by atoms with van der Waals surface area (Å²) in [6.45, 7) is 1.89. The number of hydrogen-bond donors (Lipinski definition) is 2. The zero-order valence-corrected chi connectivity index (χ0v) is 13.2. The molecule has 0 amide bonds. The van der Waals surface area contributed by atoms with Crippen molar-refractivity contribution in [2.45, 2.75) is 6.92 Å². The lowest BCUT2D eigenvalue weighted by Crippen LogP contribution is -2.08. The minimum atomic E-state index is -0.661. The number of fused-ring (bicyclic) bond motifs is 1. The van der Waals surface area contributed by atoms with Crippen molar-refractivity contribution >= 4 is 40.0 Å². The number of benzene rings is 2. The SMILES string of the molecule is COC(=O)c1cc2[nH]cnc2c(F)c1Nc1ccc(C)cc1Cl. The minimum absolute atomic E-state index is 0.0257. The van der Waals surface area contributed by atoms with Gasteiger partial charge in [0.05, 0.1) is 40.9 Å². The molecule has 0 fully saturated rings. The summed E-state index contributed by atoms with van der Waals surface area (Å²) in [5.41, 5.74) is 2.01. The van der Waals surface area contributed by atoms with E-state index in [1.165, 1.54) is 19.5 Å². The molecule has 2 N–H and O–H groups in total. The second-order valence-electron chi connectivity index (χ2n) is 5.01. The zero-order valence-electron chi connectivity index (χ0n) is 12.4. The lowest BCUT2D eigenvalue weighted by molar-refractivity contribution is 0.0601. The Kier molecular flexibility index (Phi) is 3.92. The molecule has 3 aromatic rings. The van der Waals surface area contributed by atoms with Crippen LogP contribution in [0.5, 0.6) is 0 Å². The smallest absolute Gasteiger partial charge is 0.340 e. The first-order valence-electron chi connectivity index (χ1n) is 6.78. The number of ether oxygens (including phenoxy) is 1. The van der Waals surface area contributed by atoms with E-state index >= 15 is 0 Å². The molecule has 5 nitrogen and oxygen atoms in total. The average Bonchev–Trinajstić information content (AvgIpc) is 3.00. The molecule has 118 valence electrons. The first-order valence-corrected chi connectivity index (χ1v) is 7.16. The van der Waals surface area contributed by atoms with Gasteiger partial charge in [-0.2, -0.15) is 0 Å². The third-order valence-corrected chi connectivity index (χ3v) is 3.76. The van der Waals surface area contributed by atoms with Crippen molar-refractivity contribution in [3.05, 3.63) is 52.6 Å². The molecule has 23 heavy (non-hydrogen) atoms. The van der Waals surface area contributed by atoms with Crippen LogP contribution >= 0.6 is 11.6 Å². The fraction of sp³-hybridized carbons (Fsp3) is 0.125. The number of hydrogen-bond acceptors (Lipinski definition) is 4. The number of aryl methyl sites for hydroxylation is 1. The molecule has 0 saturated carbocycles. The van der Waals surface area contributed by atoms with E-state index in [1.54, 1.807) is 12.1 Å². The van der Waals surface area contributed by atoms with Crippen LogP contribution in [0.1, 0.15) is 15.9 Å². The van der Waals surface area contributed by atoms with Crippen LogP contribution in [0.25, 0.3) is 11.0 Å². The summed E-state index contributed by atoms with van der Waals surface area (Å²) in [7, 11) is 1.24. The number of carbonyl (C=O) groups excluding carboxylic acids is 1. The monoisotopic (exact) mass is 333 g/mol. The number of carbonyl (C=O) groups is 1. The Morgan fingerprint density at radius 3 is 2.87 bits per heavy atom. The standard InChI is InChI=1S/C16H13ClFN3O2/c1-8-3-4-11(10(17)5-8)21-14-9(16(22)23-2)6-12-15(13(14)18)20-7-19-12/h3-7,21H,1-2H3,(H,19,20). The van der Waals surface area contributed by atoms with Gasteiger partial charge in [0.25, 0.3) is 0 Å². The summed E-state index contributed by atoms with van der Waals surface area (Å²) in [6.07, 6.45) is 1.36. The predicted molar refractivity (Wildman–Crippen MR) is 86.9 cm³/mol. The van der Waals surface area contributed by atoms with Gasteiger partial charge in [0.2, 0.25) is 0 Å². The molecule has 7 heteroatoms. The molecule has 1 aromatic heterocycles. The van der Waals surface area contributed by atoms with Gasteiger partial charge < -0.3 is 15.0 Å². The molecule has 0 aliphatic carbocycles. The predicted octanol–water partition coefficient (Wildman–Crippen LogP) is 4.19. The Bertz CT molecular complexity index is 908. The molecule has 3 rings (SSSR count). The zero-order chi connectivity index (χ0) is 16.6. The Hall–Kier alpha value is -2.60. The fourth-order valence-electron chi connectivity index (χ4n) is 2.29. The fourth-order valence-corrected chi connectivity index (χ4v) is 2.57. The maximum Gasteiger partial charge on any atom is 0.340 e. The number of aromatic nitrogens is 2. The summed E-state index contributed by atoms with van der Waals surface area (Å²) >= 11 is 6.17. The van der Waals surface area contributed by atoms with Crippen LogP contribution in [0.3, 0.4) is 0 Å². The Morgan fingerprint density at radius 2 is 2.17 bits per heavy atom. The van der Waals surface area contributed by atoms with E-state index < -0.39 is 11.8 Å². The summed E-state index contributed by atoms with van der Waals surface area (Å²) in [6, 6.07) is 6.78. The van der Waals surface area contributed by atoms with Gasteiger partial charge in [-0.25, -0.2) is 14.2 Å². The van der Waals surface area contributed by atoms with E-state index in [1.807, 2.05) is 13.0 Å². The van der Waals surface area contributed by atoms with Crippen molar-refractivity contribution in [1.29, 1.82) is 0 Å². The average molecular weight is 334 g/mol. The summed E-state index contributed by atoms with van der Waals surface area (Å²) < 4.78 is 19.5. The Balaban J connectivity index is 2.17. The van der Waals surface area contributed by atoms with Gasteiger partial charge in [-0.1, -0.05) is 17.7 Å². The number of anilines is 2. The first kappa shape index (κ1) is 15.3. The van der Waals surface area contributed by atoms with Crippen molar-refractivity contribution in [3.8, 4) is 0 Å². The van der Waals surface area contributed by atoms with Gasteiger partial charge in [-0.15, -0.1) is 0 Å². The lowest BCUT2D eigenvalue weighted by Gasteiger charge is -2.14. The molecular weight excluding hydrogens is 321 g/mol. The lowest BCUT2D eigenvalue weighted by atomic mass is 10.1. The van der Waals surface area contributed by atoms with Crippen LogP contribution in [-0.2, 0) is 4.74 Å². The number of nitrogens with zero attached hydrogens (tertiary/aromatic N) is 1. The highest BCUT2D eigenvalue weighted by Gasteiger charge is 2.21. The normalized spacial score (nSPS) is 10.8. The number of methoxy groups -OCH3 is 1. The molecule has 0 aliphatic rings. The molecule has 0 aliphatic heterocycles. The summed E-state index contributed by atoms with van der Waals surface area (Å²) in [4.78, 5) is 18.7. The van der Waals surface area contributed by atoms with Crippen LogP contribution in [0.2, 0.25) is 5.02 Å². The molecule has 0 unspecified atom stereocenters. The molecule has 0 radical (unpaired) electrons. The molecule has 0 saturated heterocycles. The number of aromatic amines is 1. The summed E-state index contributed by atoms with van der Waals surface area (Å²) in [5.74, 6) is -1.31. The number of halogens is 2. The highest BCUT2D eigenvalue weighted by atomic mass is 35.5. The van der Waals surface area contributed by atoms with Crippen molar-refractivity contribution in [2.24, 2.45) is 0 Å². The largest absolute Gasteiger partial charge is 0.465 e. The third kappa shape index (κ3) is 2.73. The molecule has 2 aromatic carbocycles. The van der Waals surface area contributed by atoms with Gasteiger partial charge in [0, 0.05) is 0 Å². The number of H-pyrrole nitrogens is 1. The maximum absolute atomic E-state index is 14.8. The molecule has 0 spiro atoms. The van der Waals surface area contributed by atoms with E-state index in [4.69, 9.17) is 16.3 Å². The number of imidazole rings is 1. The highest BCUT2D eigenvalue weighted by molar-refractivity contribution is 6.33. The van der Waals surface area contributed by atoms with Crippen LogP contribution in [0.15, 0.2) is 30.6 Å². The molecule has 0 atom stereocenters. The number of nitrogens with one attached hydrogen (secondary N) is 2. The van der Waals surface area contributed by atoms with Gasteiger partial charge >= 0.3 is 5.97 Å². The second-order valence-corrected chi connectivity index (χ2v) is 5.42. The van der Waals surface area contributed by atoms with Crippen molar-refractivity contribution in [3.63, 3.8) is 0 Å². The maximum atomic E-state index is 14.8. The van der Waals surface area contributed by atoms with Crippen molar-refractivity contribution in [1.82, 2.24) is 9.97 Å². The Morgan fingerprint density at radius 1 is 1.39 bits per heavy atom. The van der Waals surface area contributed by atoms with Crippen LogP contribution in [0, 0.1) is 12.7 Å². The first-order chi connectivity index (χ1) is 11.0. The third-order valence-electron chi connectivity index (χ3n) is 3.44. The van der Waals surface area contributed by atoms with Crippen molar-refractivity contribution < 1.29 is 13.9 Å². The number of rotatable bonds is 3. The van der Waals surface area contributed by atoms with Gasteiger partial charge in [-0.3, -0.25) is 0 Å². The quantitative estimate of drug-likeness (QED) is 0.705. The molecular formula is C16H13ClFN3O2. The van der Waals surface area contributed by atoms with Gasteiger partial charge in [-0.05, 0) is 30.7 Å². The molecule has 0 bridgehead atoms. The van der Waals surface area contributed by atoms with Crippen molar-refractivity contribution in [2.75, 3.05) is 12.4 Å². The minimum Gasteiger partial charge on any atom is -0.465 e. The van der Waals surface area contributed by atoms with E-state index in [9.17, 15) is 9.18 Å². The highest BCUT2D eigenvalue weighted by Crippen LogP contribution is 2.33.